The number of carboxylic acid groups (broad SMARTS) is 1. The van der Waals surface area contributed by atoms with Gasteiger partial charge in [0.1, 0.15) is 0 Å². The van der Waals surface area contributed by atoms with Gasteiger partial charge in [0.2, 0.25) is 0 Å². The standard InChI is InChI=1S/C13H13BrClNO3/c1-13(12(18)19)4-5-16(7-13)11(17)9-3-2-8(14)6-10(9)15/h2-3,6H,4-5,7H2,1H3,(H,18,19)/t13-/m0/s1. The fraction of sp³-hybridized carbons (Fsp3) is 0.385. The summed E-state index contributed by atoms with van der Waals surface area (Å²) in [6.07, 6.45) is 0.461. The van der Waals surface area contributed by atoms with Gasteiger partial charge in [-0.1, -0.05) is 27.5 Å². The number of carbonyl (C=O) groups excluding carboxylic acids is 1. The van der Waals surface area contributed by atoms with E-state index >= 15 is 0 Å². The van der Waals surface area contributed by atoms with E-state index in [-0.39, 0.29) is 12.5 Å². The minimum absolute atomic E-state index is 0.216. The molecule has 19 heavy (non-hydrogen) atoms. The van der Waals surface area contributed by atoms with Gasteiger partial charge in [-0.15, -0.1) is 0 Å². The van der Waals surface area contributed by atoms with Crippen LogP contribution in [0.1, 0.15) is 23.7 Å². The molecule has 1 saturated heterocycles. The second kappa shape index (κ2) is 5.13. The van der Waals surface area contributed by atoms with Gasteiger partial charge in [-0.2, -0.15) is 0 Å². The van der Waals surface area contributed by atoms with Gasteiger partial charge in [-0.3, -0.25) is 9.59 Å². The van der Waals surface area contributed by atoms with Crippen LogP contribution in [0.4, 0.5) is 0 Å². The molecule has 0 saturated carbocycles. The minimum atomic E-state index is -0.871. The SMILES string of the molecule is C[C@]1(C(=O)O)CCN(C(=O)c2ccc(Br)cc2Cl)C1. The Morgan fingerprint density at radius 3 is 2.68 bits per heavy atom. The van der Waals surface area contributed by atoms with E-state index in [1.165, 1.54) is 0 Å². The summed E-state index contributed by atoms with van der Waals surface area (Å²) in [7, 11) is 0. The number of aliphatic carboxylic acids is 1. The zero-order valence-corrected chi connectivity index (χ0v) is 12.7. The Hall–Kier alpha value is -1.07. The Morgan fingerprint density at radius 1 is 1.47 bits per heavy atom. The van der Waals surface area contributed by atoms with E-state index in [1.54, 1.807) is 30.0 Å². The predicted molar refractivity (Wildman–Crippen MR) is 75.4 cm³/mol. The zero-order chi connectivity index (χ0) is 14.2. The highest BCUT2D eigenvalue weighted by Crippen LogP contribution is 2.32. The van der Waals surface area contributed by atoms with Gasteiger partial charge in [0.05, 0.1) is 16.0 Å². The lowest BCUT2D eigenvalue weighted by molar-refractivity contribution is -0.147. The van der Waals surface area contributed by atoms with Crippen LogP contribution in [0.15, 0.2) is 22.7 Å². The number of hydrogen-bond acceptors (Lipinski definition) is 2. The Bertz CT molecular complexity index is 549. The van der Waals surface area contributed by atoms with Crippen molar-refractivity contribution in [2.24, 2.45) is 5.41 Å². The van der Waals surface area contributed by atoms with Crippen molar-refractivity contribution < 1.29 is 14.7 Å². The van der Waals surface area contributed by atoms with Crippen LogP contribution in [0.5, 0.6) is 0 Å². The number of halogens is 2. The summed E-state index contributed by atoms with van der Waals surface area (Å²) in [5.74, 6) is -1.09. The monoisotopic (exact) mass is 345 g/mol. The number of carbonyl (C=O) groups is 2. The lowest BCUT2D eigenvalue weighted by Gasteiger charge is -2.20. The lowest BCUT2D eigenvalue weighted by Crippen LogP contribution is -2.35. The summed E-state index contributed by atoms with van der Waals surface area (Å²) in [4.78, 5) is 25.0. The van der Waals surface area contributed by atoms with Crippen molar-refractivity contribution in [3.8, 4) is 0 Å². The summed E-state index contributed by atoms with van der Waals surface area (Å²) in [6.45, 7) is 2.31. The normalized spacial score (nSPS) is 22.6. The largest absolute Gasteiger partial charge is 0.481 e. The maximum absolute atomic E-state index is 12.3. The van der Waals surface area contributed by atoms with Gasteiger partial charge in [-0.05, 0) is 31.5 Å². The summed E-state index contributed by atoms with van der Waals surface area (Å²) >= 11 is 9.32. The molecular weight excluding hydrogens is 334 g/mol. The van der Waals surface area contributed by atoms with Crippen LogP contribution in [0.3, 0.4) is 0 Å². The van der Waals surface area contributed by atoms with Crippen LogP contribution in [0, 0.1) is 5.41 Å². The zero-order valence-electron chi connectivity index (χ0n) is 10.3. The van der Waals surface area contributed by atoms with E-state index < -0.39 is 11.4 Å². The average Bonchev–Trinajstić information content (AvgIpc) is 2.73. The molecule has 6 heteroatoms. The average molecular weight is 347 g/mol. The molecule has 102 valence electrons. The van der Waals surface area contributed by atoms with Crippen LogP contribution >= 0.6 is 27.5 Å². The first-order chi connectivity index (χ1) is 8.83. The molecule has 1 aliphatic heterocycles. The van der Waals surface area contributed by atoms with Gasteiger partial charge < -0.3 is 10.0 Å². The number of hydrogen-bond donors (Lipinski definition) is 1. The van der Waals surface area contributed by atoms with E-state index in [0.29, 0.717) is 23.6 Å². The fourth-order valence-electron chi connectivity index (χ4n) is 2.14. The van der Waals surface area contributed by atoms with E-state index in [0.717, 1.165) is 4.47 Å². The van der Waals surface area contributed by atoms with E-state index in [1.807, 2.05) is 0 Å². The molecule has 0 aliphatic carbocycles. The second-order valence-corrected chi connectivity index (χ2v) is 6.29. The number of rotatable bonds is 2. The topological polar surface area (TPSA) is 57.6 Å². The molecule has 1 amide bonds. The molecule has 2 rings (SSSR count). The van der Waals surface area contributed by atoms with Gasteiger partial charge in [0.15, 0.2) is 0 Å². The fourth-order valence-corrected chi connectivity index (χ4v) is 2.90. The molecule has 1 aromatic rings. The van der Waals surface area contributed by atoms with Crippen molar-refractivity contribution in [1.29, 1.82) is 0 Å². The van der Waals surface area contributed by atoms with Crippen molar-refractivity contribution in [3.05, 3.63) is 33.3 Å². The molecule has 0 unspecified atom stereocenters. The highest BCUT2D eigenvalue weighted by Gasteiger charge is 2.42. The van der Waals surface area contributed by atoms with E-state index in [2.05, 4.69) is 15.9 Å². The summed E-state index contributed by atoms with van der Waals surface area (Å²) in [6, 6.07) is 5.04. The quantitative estimate of drug-likeness (QED) is 0.895. The Morgan fingerprint density at radius 2 is 2.16 bits per heavy atom. The Balaban J connectivity index is 2.20. The summed E-state index contributed by atoms with van der Waals surface area (Å²) in [5.41, 5.74) is -0.461. The number of likely N-dealkylation sites (tertiary alicyclic amines) is 1. The molecule has 1 aliphatic rings. The Labute approximate surface area is 124 Å². The number of nitrogens with zero attached hydrogens (tertiary/aromatic N) is 1. The molecule has 4 nitrogen and oxygen atoms in total. The van der Waals surface area contributed by atoms with Gasteiger partial charge in [0, 0.05) is 17.6 Å². The third-order valence-corrected chi connectivity index (χ3v) is 4.24. The van der Waals surface area contributed by atoms with Gasteiger partial charge in [0.25, 0.3) is 5.91 Å². The van der Waals surface area contributed by atoms with Gasteiger partial charge in [-0.25, -0.2) is 0 Å². The third kappa shape index (κ3) is 2.77. The summed E-state index contributed by atoms with van der Waals surface area (Å²) in [5, 5.41) is 9.53. The number of benzene rings is 1. The number of amides is 1. The molecule has 1 N–H and O–H groups in total. The molecule has 1 aromatic carbocycles. The second-order valence-electron chi connectivity index (χ2n) is 4.97. The highest BCUT2D eigenvalue weighted by molar-refractivity contribution is 9.10. The molecule has 0 radical (unpaired) electrons. The summed E-state index contributed by atoms with van der Waals surface area (Å²) < 4.78 is 0.797. The first-order valence-electron chi connectivity index (χ1n) is 5.81. The smallest absolute Gasteiger partial charge is 0.311 e. The molecule has 0 spiro atoms. The maximum Gasteiger partial charge on any atom is 0.311 e. The van der Waals surface area contributed by atoms with Crippen molar-refractivity contribution >= 4 is 39.4 Å². The van der Waals surface area contributed by atoms with Crippen LogP contribution in [-0.4, -0.2) is 35.0 Å². The predicted octanol–water partition coefficient (Wildman–Crippen LogP) is 3.04. The van der Waals surface area contributed by atoms with Crippen LogP contribution < -0.4 is 0 Å². The van der Waals surface area contributed by atoms with Crippen molar-refractivity contribution in [2.45, 2.75) is 13.3 Å². The molecule has 0 bridgehead atoms. The molecular formula is C13H13BrClNO3. The van der Waals surface area contributed by atoms with E-state index in [9.17, 15) is 9.59 Å². The number of carboxylic acids is 1. The van der Waals surface area contributed by atoms with Crippen LogP contribution in [0.2, 0.25) is 5.02 Å². The molecule has 1 atom stereocenters. The lowest BCUT2D eigenvalue weighted by atomic mass is 9.90. The third-order valence-electron chi connectivity index (χ3n) is 3.44. The van der Waals surface area contributed by atoms with Crippen LogP contribution in [0.25, 0.3) is 0 Å². The maximum atomic E-state index is 12.3. The van der Waals surface area contributed by atoms with Crippen molar-refractivity contribution in [1.82, 2.24) is 4.90 Å². The molecule has 1 heterocycles. The molecule has 0 aromatic heterocycles. The molecule has 1 fully saturated rings. The Kier molecular flexibility index (Phi) is 3.87. The van der Waals surface area contributed by atoms with Crippen molar-refractivity contribution in [2.75, 3.05) is 13.1 Å². The van der Waals surface area contributed by atoms with E-state index in [4.69, 9.17) is 16.7 Å². The van der Waals surface area contributed by atoms with Crippen molar-refractivity contribution in [3.63, 3.8) is 0 Å². The first-order valence-corrected chi connectivity index (χ1v) is 6.98. The van der Waals surface area contributed by atoms with Gasteiger partial charge >= 0.3 is 5.97 Å². The first kappa shape index (κ1) is 14.3. The highest BCUT2D eigenvalue weighted by atomic mass is 79.9. The van der Waals surface area contributed by atoms with Crippen LogP contribution in [-0.2, 0) is 4.79 Å². The minimum Gasteiger partial charge on any atom is -0.481 e.